The molecule has 1 saturated heterocycles. The van der Waals surface area contributed by atoms with Gasteiger partial charge in [0.15, 0.2) is 0 Å². The number of unbranched alkanes of at least 4 members (excludes halogenated alkanes) is 7. The van der Waals surface area contributed by atoms with Gasteiger partial charge in [0.2, 0.25) is 11.8 Å². The summed E-state index contributed by atoms with van der Waals surface area (Å²) in [7, 11) is 0. The zero-order valence-corrected chi connectivity index (χ0v) is 22.0. The molecule has 1 heterocycles. The zero-order valence-electron chi connectivity index (χ0n) is 22.0. The topological polar surface area (TPSA) is 99.2 Å². The number of hydrogen-bond acceptors (Lipinski definition) is 5. The Morgan fingerprint density at radius 1 is 1.03 bits per heavy atom. The molecule has 1 aromatic rings. The summed E-state index contributed by atoms with van der Waals surface area (Å²) in [6.45, 7) is 4.86. The van der Waals surface area contributed by atoms with Crippen LogP contribution in [0.1, 0.15) is 101 Å². The zero-order chi connectivity index (χ0) is 26.0. The van der Waals surface area contributed by atoms with Gasteiger partial charge in [-0.1, -0.05) is 64.0 Å². The van der Waals surface area contributed by atoms with Crippen molar-refractivity contribution in [3.63, 3.8) is 0 Å². The number of carbonyl (C=O) groups excluding carboxylic acids is 3. The van der Waals surface area contributed by atoms with E-state index in [1.807, 2.05) is 4.90 Å². The van der Waals surface area contributed by atoms with E-state index in [0.717, 1.165) is 43.7 Å². The van der Waals surface area contributed by atoms with Gasteiger partial charge in [0.1, 0.15) is 5.75 Å². The Kier molecular flexibility index (Phi) is 14.6. The first kappa shape index (κ1) is 29.6. The molecule has 0 bridgehead atoms. The molecule has 0 radical (unpaired) electrons. The maximum Gasteiger partial charge on any atom is 0.280 e. The molecule has 0 spiro atoms. The fourth-order valence-electron chi connectivity index (χ4n) is 4.35. The normalized spacial score (nSPS) is 13.2. The largest absolute Gasteiger partial charge is 0.493 e. The van der Waals surface area contributed by atoms with E-state index in [1.165, 1.54) is 32.1 Å². The quantitative estimate of drug-likeness (QED) is 0.158. The fraction of sp³-hybridized carbons (Fsp3) is 0.679. The summed E-state index contributed by atoms with van der Waals surface area (Å²) in [5.74, 6) is 0.0910. The average molecular weight is 504 g/mol. The molecule has 1 aliphatic rings. The van der Waals surface area contributed by atoms with Crippen molar-refractivity contribution < 1.29 is 24.3 Å². The first-order valence-electron chi connectivity index (χ1n) is 13.8. The van der Waals surface area contributed by atoms with Crippen molar-refractivity contribution in [3.8, 4) is 5.75 Å². The van der Waals surface area contributed by atoms with Crippen molar-refractivity contribution in [3.05, 3.63) is 29.8 Å². The number of para-hydroxylation sites is 1. The summed E-state index contributed by atoms with van der Waals surface area (Å²) in [5.41, 5.74) is 0.320. The first-order chi connectivity index (χ1) is 17.5. The monoisotopic (exact) mass is 503 g/mol. The third kappa shape index (κ3) is 11.4. The van der Waals surface area contributed by atoms with E-state index >= 15 is 0 Å². The van der Waals surface area contributed by atoms with Gasteiger partial charge in [-0.3, -0.25) is 19.6 Å². The predicted molar refractivity (Wildman–Crippen MR) is 140 cm³/mol. The van der Waals surface area contributed by atoms with Gasteiger partial charge in [0.05, 0.1) is 12.2 Å². The molecule has 0 aromatic heterocycles. The summed E-state index contributed by atoms with van der Waals surface area (Å²) in [6.07, 6.45) is 12.3. The van der Waals surface area contributed by atoms with Gasteiger partial charge in [0.25, 0.3) is 5.91 Å². The Morgan fingerprint density at radius 2 is 1.75 bits per heavy atom. The molecule has 1 aliphatic heterocycles. The van der Waals surface area contributed by atoms with Gasteiger partial charge in [-0.2, -0.15) is 0 Å². The van der Waals surface area contributed by atoms with Crippen molar-refractivity contribution >= 4 is 17.7 Å². The van der Waals surface area contributed by atoms with Gasteiger partial charge >= 0.3 is 0 Å². The second kappa shape index (κ2) is 17.8. The third-order valence-electron chi connectivity index (χ3n) is 6.48. The molecule has 0 saturated carbocycles. The summed E-state index contributed by atoms with van der Waals surface area (Å²) in [5, 5.41) is 13.9. The minimum Gasteiger partial charge on any atom is -0.493 e. The molecule has 0 aliphatic carbocycles. The van der Waals surface area contributed by atoms with Crippen molar-refractivity contribution in [1.29, 1.82) is 0 Å². The molecule has 36 heavy (non-hydrogen) atoms. The Bertz CT molecular complexity index is 801. The lowest BCUT2D eigenvalue weighted by Gasteiger charge is -2.17. The van der Waals surface area contributed by atoms with Gasteiger partial charge in [-0.15, -0.1) is 0 Å². The molecule has 8 nitrogen and oxygen atoms in total. The van der Waals surface area contributed by atoms with Gasteiger partial charge in [-0.05, 0) is 37.8 Å². The maximum atomic E-state index is 12.7. The van der Waals surface area contributed by atoms with Crippen LogP contribution in [0.3, 0.4) is 0 Å². The van der Waals surface area contributed by atoms with Gasteiger partial charge in [0, 0.05) is 39.0 Å². The second-order valence-corrected chi connectivity index (χ2v) is 9.54. The highest BCUT2D eigenvalue weighted by Gasteiger charge is 2.19. The lowest BCUT2D eigenvalue weighted by atomic mass is 10.1. The van der Waals surface area contributed by atoms with E-state index in [9.17, 15) is 19.6 Å². The van der Waals surface area contributed by atoms with Crippen LogP contribution in [0.2, 0.25) is 0 Å². The lowest BCUT2D eigenvalue weighted by Crippen LogP contribution is -2.30. The summed E-state index contributed by atoms with van der Waals surface area (Å²) >= 11 is 0. The molecular formula is C28H45N3O5. The van der Waals surface area contributed by atoms with Crippen molar-refractivity contribution in [2.24, 2.45) is 0 Å². The molecule has 1 aromatic carbocycles. The lowest BCUT2D eigenvalue weighted by molar-refractivity contribution is -0.127. The van der Waals surface area contributed by atoms with Crippen molar-refractivity contribution in [2.75, 3.05) is 32.8 Å². The molecule has 1 fully saturated rings. The Morgan fingerprint density at radius 3 is 2.47 bits per heavy atom. The molecule has 3 amide bonds. The molecule has 0 unspecified atom stereocenters. The molecule has 2 rings (SSSR count). The van der Waals surface area contributed by atoms with E-state index in [2.05, 4.69) is 12.2 Å². The Balaban J connectivity index is 1.61. The standard InChI is InChI=1S/C28H45N3O5/c1-2-3-4-5-6-7-8-11-22-31(35)28(34)24-15-9-10-16-25(24)36-23-13-17-26(32)29-19-14-21-30-20-12-18-27(30)33/h9-10,15-16,35H,2-8,11-14,17-23H2,1H3,(H,29,32). The predicted octanol–water partition coefficient (Wildman–Crippen LogP) is 4.95. The van der Waals surface area contributed by atoms with Crippen LogP contribution in [0.5, 0.6) is 5.75 Å². The Labute approximate surface area is 216 Å². The van der Waals surface area contributed by atoms with Crippen LogP contribution < -0.4 is 10.1 Å². The van der Waals surface area contributed by atoms with Crippen molar-refractivity contribution in [1.82, 2.24) is 15.3 Å². The minimum atomic E-state index is -0.470. The van der Waals surface area contributed by atoms with Crippen LogP contribution in [-0.4, -0.2) is 65.7 Å². The number of amides is 3. The summed E-state index contributed by atoms with van der Waals surface area (Å²) in [6, 6.07) is 6.88. The average Bonchev–Trinajstić information content (AvgIpc) is 3.30. The number of likely N-dealkylation sites (tertiary alicyclic amines) is 1. The molecular weight excluding hydrogens is 458 g/mol. The number of nitrogens with one attached hydrogen (secondary N) is 1. The van der Waals surface area contributed by atoms with Crippen LogP contribution in [-0.2, 0) is 9.59 Å². The highest BCUT2D eigenvalue weighted by molar-refractivity contribution is 5.96. The maximum absolute atomic E-state index is 12.7. The highest BCUT2D eigenvalue weighted by Crippen LogP contribution is 2.20. The third-order valence-corrected chi connectivity index (χ3v) is 6.48. The van der Waals surface area contributed by atoms with E-state index in [1.54, 1.807) is 24.3 Å². The molecule has 0 atom stereocenters. The van der Waals surface area contributed by atoms with E-state index in [-0.39, 0.29) is 11.8 Å². The van der Waals surface area contributed by atoms with Crippen LogP contribution in [0, 0.1) is 0 Å². The second-order valence-electron chi connectivity index (χ2n) is 9.54. The minimum absolute atomic E-state index is 0.0531. The molecule has 202 valence electrons. The number of rotatable bonds is 19. The van der Waals surface area contributed by atoms with Crippen LogP contribution in [0.4, 0.5) is 0 Å². The van der Waals surface area contributed by atoms with E-state index < -0.39 is 5.91 Å². The highest BCUT2D eigenvalue weighted by atomic mass is 16.5. The summed E-state index contributed by atoms with van der Waals surface area (Å²) < 4.78 is 5.77. The summed E-state index contributed by atoms with van der Waals surface area (Å²) in [4.78, 5) is 38.2. The smallest absolute Gasteiger partial charge is 0.280 e. The first-order valence-corrected chi connectivity index (χ1v) is 13.8. The number of benzene rings is 1. The molecule has 2 N–H and O–H groups in total. The van der Waals surface area contributed by atoms with Crippen LogP contribution >= 0.6 is 0 Å². The number of hydrogen-bond donors (Lipinski definition) is 2. The van der Waals surface area contributed by atoms with Crippen LogP contribution in [0.25, 0.3) is 0 Å². The fourth-order valence-corrected chi connectivity index (χ4v) is 4.35. The number of carbonyl (C=O) groups is 3. The number of hydroxylamine groups is 2. The van der Waals surface area contributed by atoms with Gasteiger partial charge in [-0.25, -0.2) is 5.06 Å². The van der Waals surface area contributed by atoms with Gasteiger partial charge < -0.3 is 15.0 Å². The number of ether oxygens (including phenoxy) is 1. The van der Waals surface area contributed by atoms with Crippen LogP contribution in [0.15, 0.2) is 24.3 Å². The Hall–Kier alpha value is -2.61. The van der Waals surface area contributed by atoms with Crippen molar-refractivity contribution in [2.45, 2.75) is 90.4 Å². The van der Waals surface area contributed by atoms with E-state index in [0.29, 0.717) is 56.8 Å². The number of nitrogens with zero attached hydrogens (tertiary/aromatic N) is 2. The SMILES string of the molecule is CCCCCCCCCCN(O)C(=O)c1ccccc1OCCCC(=O)NCCCN1CCCC1=O. The van der Waals surface area contributed by atoms with E-state index in [4.69, 9.17) is 4.74 Å². The molecule has 8 heteroatoms.